The highest BCUT2D eigenvalue weighted by Crippen LogP contribution is 2.30. The molecular formula is C24H24F3N3O3. The number of nitrogens with zero attached hydrogens (tertiary/aromatic N) is 2. The predicted octanol–water partition coefficient (Wildman–Crippen LogP) is 3.88. The maximum Gasteiger partial charge on any atom is 0.416 e. The fraction of sp³-hybridized carbons (Fsp3) is 0.333. The molecule has 0 aliphatic carbocycles. The Kier molecular flexibility index (Phi) is 6.53. The van der Waals surface area contributed by atoms with Gasteiger partial charge in [0.05, 0.1) is 12.1 Å². The van der Waals surface area contributed by atoms with Crippen LogP contribution in [-0.2, 0) is 17.5 Å². The number of hydrogen-bond acceptors (Lipinski definition) is 5. The molecular weight excluding hydrogens is 435 g/mol. The number of hydrogen-bond donors (Lipinski definition) is 1. The summed E-state index contributed by atoms with van der Waals surface area (Å²) >= 11 is 0. The van der Waals surface area contributed by atoms with Crippen molar-refractivity contribution in [2.45, 2.75) is 19.6 Å². The first-order chi connectivity index (χ1) is 15.7. The van der Waals surface area contributed by atoms with Gasteiger partial charge in [-0.05, 0) is 42.3 Å². The van der Waals surface area contributed by atoms with Crippen molar-refractivity contribution < 1.29 is 22.4 Å². The van der Waals surface area contributed by atoms with Crippen molar-refractivity contribution >= 4 is 22.6 Å². The minimum atomic E-state index is -4.46. The van der Waals surface area contributed by atoms with Crippen molar-refractivity contribution in [3.05, 3.63) is 75.6 Å². The molecule has 1 aliphatic rings. The van der Waals surface area contributed by atoms with Crippen LogP contribution in [0.4, 0.5) is 18.9 Å². The van der Waals surface area contributed by atoms with E-state index >= 15 is 0 Å². The number of carbonyl (C=O) groups excluding carboxylic acids is 1. The Morgan fingerprint density at radius 2 is 1.76 bits per heavy atom. The Hall–Kier alpha value is -3.17. The smallest absolute Gasteiger partial charge is 0.416 e. The predicted molar refractivity (Wildman–Crippen MR) is 119 cm³/mol. The Morgan fingerprint density at radius 1 is 1.03 bits per heavy atom. The van der Waals surface area contributed by atoms with Crippen LogP contribution in [0.2, 0.25) is 0 Å². The second-order valence-corrected chi connectivity index (χ2v) is 8.27. The number of aryl methyl sites for hydroxylation is 1. The summed E-state index contributed by atoms with van der Waals surface area (Å²) in [4.78, 5) is 28.5. The molecule has 1 aromatic heterocycles. The number of amides is 1. The fourth-order valence-corrected chi connectivity index (χ4v) is 3.99. The van der Waals surface area contributed by atoms with E-state index in [0.29, 0.717) is 38.3 Å². The topological polar surface area (TPSA) is 65.8 Å². The molecule has 4 rings (SSSR count). The second-order valence-electron chi connectivity index (χ2n) is 8.27. The zero-order valence-electron chi connectivity index (χ0n) is 18.1. The average molecular weight is 459 g/mol. The van der Waals surface area contributed by atoms with Crippen LogP contribution in [0.15, 0.2) is 57.7 Å². The van der Waals surface area contributed by atoms with E-state index in [1.54, 1.807) is 0 Å². The van der Waals surface area contributed by atoms with E-state index in [2.05, 4.69) is 10.2 Å². The molecule has 1 amide bonds. The lowest BCUT2D eigenvalue weighted by Gasteiger charge is -2.34. The van der Waals surface area contributed by atoms with Gasteiger partial charge in [0.2, 0.25) is 5.91 Å². The molecule has 2 heterocycles. The Labute approximate surface area is 188 Å². The van der Waals surface area contributed by atoms with Crippen molar-refractivity contribution in [3.63, 3.8) is 0 Å². The molecule has 33 heavy (non-hydrogen) atoms. The Balaban J connectivity index is 1.32. The van der Waals surface area contributed by atoms with Gasteiger partial charge in [0.1, 0.15) is 5.58 Å². The quantitative estimate of drug-likeness (QED) is 0.587. The zero-order chi connectivity index (χ0) is 23.6. The summed E-state index contributed by atoms with van der Waals surface area (Å²) in [6.45, 7) is 5.29. The van der Waals surface area contributed by atoms with Gasteiger partial charge in [-0.2, -0.15) is 13.2 Å². The lowest BCUT2D eigenvalue weighted by Crippen LogP contribution is -2.48. The van der Waals surface area contributed by atoms with Crippen molar-refractivity contribution in [1.29, 1.82) is 0 Å². The van der Waals surface area contributed by atoms with Gasteiger partial charge < -0.3 is 9.73 Å². The van der Waals surface area contributed by atoms with Gasteiger partial charge in [0.15, 0.2) is 0 Å². The first kappa shape index (κ1) is 23.0. The normalized spacial score (nSPS) is 15.6. The number of rotatable bonds is 5. The van der Waals surface area contributed by atoms with Crippen LogP contribution in [-0.4, -0.2) is 48.4 Å². The lowest BCUT2D eigenvalue weighted by atomic mass is 10.1. The minimum Gasteiger partial charge on any atom is -0.423 e. The first-order valence-electron chi connectivity index (χ1n) is 10.6. The summed E-state index contributed by atoms with van der Waals surface area (Å²) in [5.74, 6) is -0.357. The van der Waals surface area contributed by atoms with Gasteiger partial charge in [0.25, 0.3) is 0 Å². The van der Waals surface area contributed by atoms with Gasteiger partial charge >= 0.3 is 11.8 Å². The van der Waals surface area contributed by atoms with Gasteiger partial charge in [0, 0.05) is 49.9 Å². The molecule has 1 fully saturated rings. The molecule has 0 atom stereocenters. The Bertz CT molecular complexity index is 1210. The molecule has 0 saturated carbocycles. The molecule has 9 heteroatoms. The van der Waals surface area contributed by atoms with Crippen molar-refractivity contribution in [2.75, 3.05) is 38.0 Å². The molecule has 0 radical (unpaired) electrons. The lowest BCUT2D eigenvalue weighted by molar-refractivity contribution is -0.137. The number of benzene rings is 2. The molecule has 174 valence electrons. The summed E-state index contributed by atoms with van der Waals surface area (Å²) in [5, 5.41) is 3.45. The molecule has 1 aliphatic heterocycles. The van der Waals surface area contributed by atoms with Gasteiger partial charge in [-0.3, -0.25) is 14.6 Å². The highest BCUT2D eigenvalue weighted by molar-refractivity contribution is 5.92. The van der Waals surface area contributed by atoms with Crippen LogP contribution < -0.4 is 10.9 Å². The molecule has 0 unspecified atom stereocenters. The standard InChI is InChI=1S/C24H24F3N3O3/c1-16-5-6-20-17(12-23(32)33-21(20)11-16)14-29-7-9-30(10-8-29)15-22(31)28-19-4-2-3-18(13-19)24(25,26)27/h2-6,11-13H,7-10,14-15H2,1H3,(H,28,31). The molecule has 1 N–H and O–H groups in total. The third-order valence-corrected chi connectivity index (χ3v) is 5.69. The van der Waals surface area contributed by atoms with Crippen LogP contribution in [0.25, 0.3) is 11.0 Å². The molecule has 0 spiro atoms. The minimum absolute atomic E-state index is 0.0984. The van der Waals surface area contributed by atoms with Crippen LogP contribution in [0, 0.1) is 6.92 Å². The van der Waals surface area contributed by atoms with Crippen LogP contribution in [0.3, 0.4) is 0 Å². The molecule has 3 aromatic rings. The zero-order valence-corrected chi connectivity index (χ0v) is 18.1. The first-order valence-corrected chi connectivity index (χ1v) is 10.6. The number of anilines is 1. The SMILES string of the molecule is Cc1ccc2c(CN3CCN(CC(=O)Nc4cccc(C(F)(F)F)c4)CC3)cc(=O)oc2c1. The van der Waals surface area contributed by atoms with Gasteiger partial charge in [-0.25, -0.2) is 4.79 Å². The van der Waals surface area contributed by atoms with E-state index < -0.39 is 11.7 Å². The summed E-state index contributed by atoms with van der Waals surface area (Å²) < 4.78 is 43.9. The van der Waals surface area contributed by atoms with Crippen LogP contribution in [0.5, 0.6) is 0 Å². The number of piperazine rings is 1. The third kappa shape index (κ3) is 5.80. The van der Waals surface area contributed by atoms with Crippen LogP contribution >= 0.6 is 0 Å². The van der Waals surface area contributed by atoms with Crippen LogP contribution in [0.1, 0.15) is 16.7 Å². The molecule has 1 saturated heterocycles. The largest absolute Gasteiger partial charge is 0.423 e. The van der Waals surface area contributed by atoms with E-state index in [1.807, 2.05) is 30.0 Å². The average Bonchev–Trinajstić information content (AvgIpc) is 2.74. The van der Waals surface area contributed by atoms with Crippen molar-refractivity contribution in [3.8, 4) is 0 Å². The highest BCUT2D eigenvalue weighted by Gasteiger charge is 2.30. The van der Waals surface area contributed by atoms with Gasteiger partial charge in [-0.1, -0.05) is 18.2 Å². The molecule has 6 nitrogen and oxygen atoms in total. The summed E-state index contributed by atoms with van der Waals surface area (Å²) in [7, 11) is 0. The van der Waals surface area contributed by atoms with E-state index in [9.17, 15) is 22.8 Å². The number of carbonyl (C=O) groups is 1. The Morgan fingerprint density at radius 3 is 2.48 bits per heavy atom. The maximum absolute atomic E-state index is 12.8. The number of fused-ring (bicyclic) bond motifs is 1. The van der Waals surface area contributed by atoms with E-state index in [4.69, 9.17) is 4.42 Å². The maximum atomic E-state index is 12.8. The second kappa shape index (κ2) is 9.36. The molecule has 2 aromatic carbocycles. The fourth-order valence-electron chi connectivity index (χ4n) is 3.99. The van der Waals surface area contributed by atoms with Gasteiger partial charge in [-0.15, -0.1) is 0 Å². The summed E-state index contributed by atoms with van der Waals surface area (Å²) in [6.07, 6.45) is -4.46. The highest BCUT2D eigenvalue weighted by atomic mass is 19.4. The molecule has 0 bridgehead atoms. The monoisotopic (exact) mass is 459 g/mol. The third-order valence-electron chi connectivity index (χ3n) is 5.69. The van der Waals surface area contributed by atoms with E-state index in [1.165, 1.54) is 18.2 Å². The van der Waals surface area contributed by atoms with Crippen molar-refractivity contribution in [1.82, 2.24) is 9.80 Å². The van der Waals surface area contributed by atoms with E-state index in [0.717, 1.165) is 28.6 Å². The number of alkyl halides is 3. The summed E-state index contributed by atoms with van der Waals surface area (Å²) in [5.41, 5.74) is 1.43. The van der Waals surface area contributed by atoms with E-state index in [-0.39, 0.29) is 23.8 Å². The van der Waals surface area contributed by atoms with Crippen molar-refractivity contribution in [2.24, 2.45) is 0 Å². The number of halogens is 3. The summed E-state index contributed by atoms with van der Waals surface area (Å²) in [6, 6.07) is 11.9. The number of nitrogens with one attached hydrogen (secondary N) is 1.